The van der Waals surface area contributed by atoms with Crippen molar-refractivity contribution in [2.24, 2.45) is 11.7 Å². The molecule has 2 heterocycles. The maximum absolute atomic E-state index is 7.57. The standard InChI is InChI=1S/C27H34N4O2/c1-18-12-26(33-3)24(23-8-10-30-27(18)23)16-31-11-9-19(17-32-2)13-25(31)21-6-4-20(5-7-21)22(14-28)15-29/h4-8,10,12,14-15,19,25,28,30H,9,11,13,16-17,29H2,1-3H3/b22-15+,28-14?/t19?,25-/m0/s1. The Bertz CT molecular complexity index is 1130. The van der Waals surface area contributed by atoms with Crippen LogP contribution in [-0.2, 0) is 11.3 Å². The van der Waals surface area contributed by atoms with Crippen molar-refractivity contribution < 1.29 is 9.47 Å². The number of aromatic nitrogens is 1. The first kappa shape index (κ1) is 23.1. The number of aromatic amines is 1. The Kier molecular flexibility index (Phi) is 7.16. The predicted molar refractivity (Wildman–Crippen MR) is 135 cm³/mol. The van der Waals surface area contributed by atoms with Gasteiger partial charge in [0.05, 0.1) is 7.11 Å². The predicted octanol–water partition coefficient (Wildman–Crippen LogP) is 5.03. The van der Waals surface area contributed by atoms with E-state index < -0.39 is 0 Å². The number of rotatable bonds is 8. The molecule has 2 aromatic carbocycles. The number of hydrogen-bond donors (Lipinski definition) is 3. The third-order valence-electron chi connectivity index (χ3n) is 6.88. The third kappa shape index (κ3) is 4.68. The number of methoxy groups -OCH3 is 2. The molecule has 1 fully saturated rings. The second-order valence-electron chi connectivity index (χ2n) is 8.86. The average Bonchev–Trinajstić information content (AvgIpc) is 3.34. The number of nitrogens with two attached hydrogens (primary N) is 1. The van der Waals surface area contributed by atoms with Gasteiger partial charge < -0.3 is 25.6 Å². The number of aryl methyl sites for hydroxylation is 1. The molecule has 6 nitrogen and oxygen atoms in total. The molecule has 0 radical (unpaired) electrons. The van der Waals surface area contributed by atoms with Crippen molar-refractivity contribution in [2.45, 2.75) is 32.4 Å². The van der Waals surface area contributed by atoms with Gasteiger partial charge in [-0.2, -0.15) is 0 Å². The lowest BCUT2D eigenvalue weighted by atomic mass is 9.86. The average molecular weight is 447 g/mol. The third-order valence-corrected chi connectivity index (χ3v) is 6.88. The van der Waals surface area contributed by atoms with Crippen LogP contribution in [0.4, 0.5) is 0 Å². The van der Waals surface area contributed by atoms with Gasteiger partial charge in [0.15, 0.2) is 0 Å². The SMILES string of the molecule is COCC1CCN(Cc2c(OC)cc(C)c3[nH]ccc23)[C@H](c2ccc(/C(C=N)=C/N)cc2)C1. The van der Waals surface area contributed by atoms with Gasteiger partial charge in [-0.15, -0.1) is 0 Å². The van der Waals surface area contributed by atoms with E-state index in [-0.39, 0.29) is 6.04 Å². The van der Waals surface area contributed by atoms with E-state index in [0.717, 1.165) is 49.4 Å². The number of nitrogens with one attached hydrogen (secondary N) is 2. The molecule has 4 rings (SSSR count). The molecule has 4 N–H and O–H groups in total. The smallest absolute Gasteiger partial charge is 0.124 e. The fraction of sp³-hybridized carbons (Fsp3) is 0.370. The Hall–Kier alpha value is -3.09. The van der Waals surface area contributed by atoms with Crippen molar-refractivity contribution in [1.29, 1.82) is 5.41 Å². The summed E-state index contributed by atoms with van der Waals surface area (Å²) in [6.07, 6.45) is 6.94. The molecule has 33 heavy (non-hydrogen) atoms. The molecule has 0 spiro atoms. The maximum atomic E-state index is 7.57. The Balaban J connectivity index is 1.68. The molecule has 0 aliphatic carbocycles. The normalized spacial score (nSPS) is 19.7. The molecular formula is C27H34N4O2. The van der Waals surface area contributed by atoms with Gasteiger partial charge in [0, 0.05) is 67.0 Å². The molecule has 174 valence electrons. The van der Waals surface area contributed by atoms with Crippen LogP contribution in [0.15, 0.2) is 48.8 Å². The first-order valence-electron chi connectivity index (χ1n) is 11.5. The van der Waals surface area contributed by atoms with E-state index >= 15 is 0 Å². The number of benzene rings is 2. The van der Waals surface area contributed by atoms with Crippen LogP contribution in [0.5, 0.6) is 5.75 Å². The van der Waals surface area contributed by atoms with Gasteiger partial charge in [-0.05, 0) is 61.1 Å². The molecule has 1 unspecified atom stereocenters. The van der Waals surface area contributed by atoms with Crippen LogP contribution in [-0.4, -0.2) is 43.5 Å². The Morgan fingerprint density at radius 1 is 1.24 bits per heavy atom. The second-order valence-corrected chi connectivity index (χ2v) is 8.86. The zero-order valence-electron chi connectivity index (χ0n) is 19.7. The van der Waals surface area contributed by atoms with Crippen LogP contribution in [0.3, 0.4) is 0 Å². The molecule has 6 heteroatoms. The molecule has 0 bridgehead atoms. The number of nitrogens with zero attached hydrogens (tertiary/aromatic N) is 1. The van der Waals surface area contributed by atoms with Crippen LogP contribution in [0, 0.1) is 18.3 Å². The van der Waals surface area contributed by atoms with Crippen molar-refractivity contribution in [3.8, 4) is 5.75 Å². The highest BCUT2D eigenvalue weighted by Gasteiger charge is 2.31. The summed E-state index contributed by atoms with van der Waals surface area (Å²) in [5, 5.41) is 8.80. The highest BCUT2D eigenvalue weighted by atomic mass is 16.5. The van der Waals surface area contributed by atoms with Gasteiger partial charge in [0.25, 0.3) is 0 Å². The fourth-order valence-electron chi connectivity index (χ4n) is 5.12. The van der Waals surface area contributed by atoms with E-state index in [1.165, 1.54) is 40.0 Å². The quantitative estimate of drug-likeness (QED) is 0.423. The van der Waals surface area contributed by atoms with Crippen molar-refractivity contribution in [3.05, 3.63) is 71.0 Å². The topological polar surface area (TPSA) is 87.4 Å². The van der Waals surface area contributed by atoms with Crippen molar-refractivity contribution in [3.63, 3.8) is 0 Å². The molecular weight excluding hydrogens is 412 g/mol. The summed E-state index contributed by atoms with van der Waals surface area (Å²) >= 11 is 0. The summed E-state index contributed by atoms with van der Waals surface area (Å²) < 4.78 is 11.3. The van der Waals surface area contributed by atoms with Crippen LogP contribution >= 0.6 is 0 Å². The lowest BCUT2D eigenvalue weighted by molar-refractivity contribution is 0.0579. The summed E-state index contributed by atoms with van der Waals surface area (Å²) in [4.78, 5) is 5.95. The van der Waals surface area contributed by atoms with Crippen LogP contribution in [0.2, 0.25) is 0 Å². The van der Waals surface area contributed by atoms with Gasteiger partial charge in [-0.25, -0.2) is 0 Å². The van der Waals surface area contributed by atoms with Crippen LogP contribution < -0.4 is 10.5 Å². The second kappa shape index (κ2) is 10.2. The van der Waals surface area contributed by atoms with Crippen molar-refractivity contribution in [1.82, 2.24) is 9.88 Å². The molecule has 1 aromatic heterocycles. The molecule has 1 aliphatic heterocycles. The largest absolute Gasteiger partial charge is 0.496 e. The summed E-state index contributed by atoms with van der Waals surface area (Å²) in [6.45, 7) is 4.71. The van der Waals surface area contributed by atoms with E-state index in [1.54, 1.807) is 14.2 Å². The number of fused-ring (bicyclic) bond motifs is 1. The number of likely N-dealkylation sites (tertiary alicyclic amines) is 1. The molecule has 0 saturated carbocycles. The molecule has 2 atom stereocenters. The Labute approximate surface area is 195 Å². The van der Waals surface area contributed by atoms with E-state index in [0.29, 0.717) is 5.92 Å². The summed E-state index contributed by atoms with van der Waals surface area (Å²) in [5.41, 5.74) is 12.2. The minimum Gasteiger partial charge on any atom is -0.496 e. The molecule has 0 amide bonds. The lowest BCUT2D eigenvalue weighted by Crippen LogP contribution is -2.37. The fourth-order valence-corrected chi connectivity index (χ4v) is 5.12. The van der Waals surface area contributed by atoms with Gasteiger partial charge >= 0.3 is 0 Å². The number of piperidine rings is 1. The number of allylic oxidation sites excluding steroid dienone is 1. The van der Waals surface area contributed by atoms with E-state index in [2.05, 4.69) is 53.2 Å². The summed E-state index contributed by atoms with van der Waals surface area (Å²) in [7, 11) is 3.54. The van der Waals surface area contributed by atoms with Crippen molar-refractivity contribution >= 4 is 22.7 Å². The summed E-state index contributed by atoms with van der Waals surface area (Å²) in [5.74, 6) is 1.47. The van der Waals surface area contributed by atoms with E-state index in [1.807, 2.05) is 6.20 Å². The monoisotopic (exact) mass is 446 g/mol. The lowest BCUT2D eigenvalue weighted by Gasteiger charge is -2.40. The maximum Gasteiger partial charge on any atom is 0.124 e. The zero-order chi connectivity index (χ0) is 23.4. The Morgan fingerprint density at radius 2 is 2.03 bits per heavy atom. The van der Waals surface area contributed by atoms with Crippen LogP contribution in [0.1, 0.15) is 41.1 Å². The highest BCUT2D eigenvalue weighted by molar-refractivity contribution is 6.08. The summed E-state index contributed by atoms with van der Waals surface area (Å²) in [6, 6.07) is 13.0. The number of hydrogen-bond acceptors (Lipinski definition) is 5. The van der Waals surface area contributed by atoms with E-state index in [4.69, 9.17) is 20.6 Å². The first-order chi connectivity index (χ1) is 16.1. The van der Waals surface area contributed by atoms with Gasteiger partial charge in [-0.1, -0.05) is 24.3 Å². The van der Waals surface area contributed by atoms with Crippen molar-refractivity contribution in [2.75, 3.05) is 27.4 Å². The Morgan fingerprint density at radius 3 is 2.70 bits per heavy atom. The minimum absolute atomic E-state index is 0.276. The van der Waals surface area contributed by atoms with Gasteiger partial charge in [0.1, 0.15) is 5.75 Å². The van der Waals surface area contributed by atoms with E-state index in [9.17, 15) is 0 Å². The molecule has 1 saturated heterocycles. The van der Waals surface area contributed by atoms with Gasteiger partial charge in [-0.3, -0.25) is 4.90 Å². The highest BCUT2D eigenvalue weighted by Crippen LogP contribution is 2.39. The van der Waals surface area contributed by atoms with Gasteiger partial charge in [0.2, 0.25) is 0 Å². The first-order valence-corrected chi connectivity index (χ1v) is 11.5. The zero-order valence-corrected chi connectivity index (χ0v) is 19.7. The van der Waals surface area contributed by atoms with Crippen LogP contribution in [0.25, 0.3) is 16.5 Å². The molecule has 3 aromatic rings. The molecule has 1 aliphatic rings. The number of H-pyrrole nitrogens is 1. The minimum atomic E-state index is 0.276. The number of ether oxygens (including phenoxy) is 2.